The van der Waals surface area contributed by atoms with E-state index in [1.54, 1.807) is 42.5 Å². The van der Waals surface area contributed by atoms with E-state index in [9.17, 15) is 4.79 Å². The van der Waals surface area contributed by atoms with E-state index in [0.29, 0.717) is 33.4 Å². The summed E-state index contributed by atoms with van der Waals surface area (Å²) in [7, 11) is 0. The molecule has 0 atom stereocenters. The molecular formula is C17H12Cl2O3. The first-order valence-corrected chi connectivity index (χ1v) is 7.51. The third-order valence-corrected chi connectivity index (χ3v) is 3.69. The fourth-order valence-electron chi connectivity index (χ4n) is 2.22. The van der Waals surface area contributed by atoms with Gasteiger partial charge >= 0.3 is 0 Å². The Morgan fingerprint density at radius 3 is 2.41 bits per heavy atom. The molecule has 0 saturated heterocycles. The highest BCUT2D eigenvalue weighted by Gasteiger charge is 2.17. The summed E-state index contributed by atoms with van der Waals surface area (Å²) in [5, 5.41) is 1.48. The standard InChI is InChI=1S/C17H12Cl2O3/c1-2-21-17-15(20)13-9-12(19)7-8-14(13)22-16(17)10-3-5-11(18)6-4-10/h3-9H,2H2,1H3. The Balaban J connectivity index is 2.32. The zero-order valence-corrected chi connectivity index (χ0v) is 13.2. The zero-order chi connectivity index (χ0) is 15.7. The van der Waals surface area contributed by atoms with Crippen molar-refractivity contribution in [3.8, 4) is 17.1 Å². The van der Waals surface area contributed by atoms with Gasteiger partial charge in [0.25, 0.3) is 0 Å². The fourth-order valence-corrected chi connectivity index (χ4v) is 2.52. The minimum atomic E-state index is -0.240. The normalized spacial score (nSPS) is 10.9. The molecule has 112 valence electrons. The molecule has 3 nitrogen and oxygen atoms in total. The molecule has 0 radical (unpaired) electrons. The molecule has 2 aromatic carbocycles. The smallest absolute Gasteiger partial charge is 0.235 e. The fraction of sp³-hybridized carbons (Fsp3) is 0.118. The van der Waals surface area contributed by atoms with Crippen molar-refractivity contribution < 1.29 is 9.15 Å². The van der Waals surface area contributed by atoms with Gasteiger partial charge in [0.15, 0.2) is 5.76 Å². The van der Waals surface area contributed by atoms with Gasteiger partial charge in [-0.25, -0.2) is 0 Å². The highest BCUT2D eigenvalue weighted by atomic mass is 35.5. The van der Waals surface area contributed by atoms with E-state index in [1.807, 2.05) is 6.92 Å². The summed E-state index contributed by atoms with van der Waals surface area (Å²) >= 11 is 11.9. The number of hydrogen-bond donors (Lipinski definition) is 0. The van der Waals surface area contributed by atoms with Gasteiger partial charge in [-0.1, -0.05) is 23.2 Å². The maximum absolute atomic E-state index is 12.7. The van der Waals surface area contributed by atoms with E-state index in [-0.39, 0.29) is 11.2 Å². The van der Waals surface area contributed by atoms with Crippen molar-refractivity contribution in [1.29, 1.82) is 0 Å². The Bertz CT molecular complexity index is 883. The number of fused-ring (bicyclic) bond motifs is 1. The lowest BCUT2D eigenvalue weighted by molar-refractivity contribution is 0.330. The summed E-state index contributed by atoms with van der Waals surface area (Å²) in [6.07, 6.45) is 0. The summed E-state index contributed by atoms with van der Waals surface area (Å²) in [6.45, 7) is 2.17. The topological polar surface area (TPSA) is 39.4 Å². The quantitative estimate of drug-likeness (QED) is 0.663. The minimum Gasteiger partial charge on any atom is -0.487 e. The molecule has 0 amide bonds. The Morgan fingerprint density at radius 1 is 1.05 bits per heavy atom. The highest BCUT2D eigenvalue weighted by Crippen LogP contribution is 2.32. The van der Waals surface area contributed by atoms with E-state index in [1.165, 1.54) is 0 Å². The van der Waals surface area contributed by atoms with E-state index in [0.717, 1.165) is 5.56 Å². The van der Waals surface area contributed by atoms with Crippen LogP contribution in [0.4, 0.5) is 0 Å². The van der Waals surface area contributed by atoms with Crippen LogP contribution < -0.4 is 10.2 Å². The van der Waals surface area contributed by atoms with E-state index in [2.05, 4.69) is 0 Å². The molecule has 0 unspecified atom stereocenters. The Hall–Kier alpha value is -1.97. The van der Waals surface area contributed by atoms with Gasteiger partial charge in [-0.05, 0) is 49.4 Å². The lowest BCUT2D eigenvalue weighted by Crippen LogP contribution is -2.09. The molecule has 0 aliphatic carbocycles. The number of halogens is 2. The molecule has 0 bridgehead atoms. The van der Waals surface area contributed by atoms with Crippen molar-refractivity contribution >= 4 is 34.2 Å². The van der Waals surface area contributed by atoms with Crippen molar-refractivity contribution in [1.82, 2.24) is 0 Å². The molecule has 0 spiro atoms. The molecule has 3 rings (SSSR count). The predicted octanol–water partition coefficient (Wildman–Crippen LogP) is 5.17. The summed E-state index contributed by atoms with van der Waals surface area (Å²) in [6, 6.07) is 12.0. The molecule has 3 aromatic rings. The van der Waals surface area contributed by atoms with E-state index < -0.39 is 0 Å². The van der Waals surface area contributed by atoms with Crippen LogP contribution in [0.2, 0.25) is 10.0 Å². The molecule has 1 aromatic heterocycles. The number of hydrogen-bond acceptors (Lipinski definition) is 3. The van der Waals surface area contributed by atoms with Crippen LogP contribution in [0.1, 0.15) is 6.92 Å². The molecule has 0 saturated carbocycles. The number of benzene rings is 2. The van der Waals surface area contributed by atoms with E-state index in [4.69, 9.17) is 32.4 Å². The van der Waals surface area contributed by atoms with Crippen molar-refractivity contribution in [2.75, 3.05) is 6.61 Å². The molecule has 0 aliphatic rings. The zero-order valence-electron chi connectivity index (χ0n) is 11.7. The van der Waals surface area contributed by atoms with Crippen LogP contribution in [0.15, 0.2) is 51.7 Å². The summed E-state index contributed by atoms with van der Waals surface area (Å²) in [5.41, 5.74) is 0.945. The highest BCUT2D eigenvalue weighted by molar-refractivity contribution is 6.31. The molecule has 0 fully saturated rings. The van der Waals surface area contributed by atoms with Crippen molar-refractivity contribution in [2.24, 2.45) is 0 Å². The lowest BCUT2D eigenvalue weighted by atomic mass is 10.1. The van der Waals surface area contributed by atoms with Crippen LogP contribution in [0.25, 0.3) is 22.3 Å². The third-order valence-electron chi connectivity index (χ3n) is 3.21. The molecule has 0 aliphatic heterocycles. The Kier molecular flexibility index (Phi) is 4.10. The van der Waals surface area contributed by atoms with Gasteiger partial charge in [0.1, 0.15) is 5.58 Å². The molecule has 1 heterocycles. The van der Waals surface area contributed by atoms with Gasteiger partial charge in [0.2, 0.25) is 11.2 Å². The number of rotatable bonds is 3. The minimum absolute atomic E-state index is 0.180. The van der Waals surface area contributed by atoms with E-state index >= 15 is 0 Å². The van der Waals surface area contributed by atoms with Gasteiger partial charge < -0.3 is 9.15 Å². The second-order valence-electron chi connectivity index (χ2n) is 4.67. The average molecular weight is 335 g/mol. The molecule has 22 heavy (non-hydrogen) atoms. The first-order chi connectivity index (χ1) is 10.6. The average Bonchev–Trinajstić information content (AvgIpc) is 2.51. The first kappa shape index (κ1) is 14.9. The third kappa shape index (κ3) is 2.70. The van der Waals surface area contributed by atoms with Crippen LogP contribution in [0.5, 0.6) is 5.75 Å². The lowest BCUT2D eigenvalue weighted by Gasteiger charge is -2.10. The van der Waals surface area contributed by atoms with Gasteiger partial charge in [-0.15, -0.1) is 0 Å². The van der Waals surface area contributed by atoms with Crippen LogP contribution >= 0.6 is 23.2 Å². The molecule has 0 N–H and O–H groups in total. The SMILES string of the molecule is CCOc1c(-c2ccc(Cl)cc2)oc2ccc(Cl)cc2c1=O. The van der Waals surface area contributed by atoms with Gasteiger partial charge in [-0.3, -0.25) is 4.79 Å². The number of ether oxygens (including phenoxy) is 1. The monoisotopic (exact) mass is 334 g/mol. The van der Waals surface area contributed by atoms with Crippen LogP contribution in [0, 0.1) is 0 Å². The second kappa shape index (κ2) is 6.03. The largest absolute Gasteiger partial charge is 0.487 e. The predicted molar refractivity (Wildman–Crippen MR) is 89.1 cm³/mol. The summed E-state index contributed by atoms with van der Waals surface area (Å²) < 4.78 is 11.4. The Labute approximate surface area is 137 Å². The maximum atomic E-state index is 12.7. The summed E-state index contributed by atoms with van der Waals surface area (Å²) in [4.78, 5) is 12.7. The van der Waals surface area contributed by atoms with Crippen molar-refractivity contribution in [3.05, 3.63) is 62.7 Å². The van der Waals surface area contributed by atoms with Crippen molar-refractivity contribution in [2.45, 2.75) is 6.92 Å². The van der Waals surface area contributed by atoms with Gasteiger partial charge in [-0.2, -0.15) is 0 Å². The first-order valence-electron chi connectivity index (χ1n) is 6.75. The Morgan fingerprint density at radius 2 is 1.73 bits per heavy atom. The van der Waals surface area contributed by atoms with Crippen LogP contribution in [-0.2, 0) is 0 Å². The second-order valence-corrected chi connectivity index (χ2v) is 5.54. The molecular weight excluding hydrogens is 323 g/mol. The maximum Gasteiger partial charge on any atom is 0.235 e. The van der Waals surface area contributed by atoms with Gasteiger partial charge in [0.05, 0.1) is 12.0 Å². The summed E-state index contributed by atoms with van der Waals surface area (Å²) in [5.74, 6) is 0.568. The van der Waals surface area contributed by atoms with Crippen molar-refractivity contribution in [3.63, 3.8) is 0 Å². The van der Waals surface area contributed by atoms with Crippen LogP contribution in [-0.4, -0.2) is 6.61 Å². The van der Waals surface area contributed by atoms with Crippen LogP contribution in [0.3, 0.4) is 0 Å². The van der Waals surface area contributed by atoms with Gasteiger partial charge in [0, 0.05) is 15.6 Å². The molecule has 5 heteroatoms.